The third-order valence-corrected chi connectivity index (χ3v) is 5.15. The van der Waals surface area contributed by atoms with E-state index in [4.69, 9.17) is 9.62 Å². The first-order valence-electron chi connectivity index (χ1n) is 10.3. The lowest BCUT2D eigenvalue weighted by Gasteiger charge is -2.15. The molecule has 7 nitrogen and oxygen atoms in total. The first-order chi connectivity index (χ1) is 15.0. The molecule has 31 heavy (non-hydrogen) atoms. The molecule has 0 aliphatic heterocycles. The summed E-state index contributed by atoms with van der Waals surface area (Å²) in [4.78, 5) is 19.3. The summed E-state index contributed by atoms with van der Waals surface area (Å²) < 4.78 is 7.01. The maximum Gasteiger partial charge on any atom is 0.257 e. The van der Waals surface area contributed by atoms with Crippen LogP contribution in [0, 0.1) is 13.8 Å². The van der Waals surface area contributed by atoms with E-state index in [0.717, 1.165) is 22.4 Å². The third-order valence-electron chi connectivity index (χ3n) is 5.15. The molecule has 0 fully saturated rings. The number of aryl methyl sites for hydroxylation is 3. The zero-order valence-electron chi connectivity index (χ0n) is 18.2. The fourth-order valence-electron chi connectivity index (χ4n) is 3.50. The number of carbonyl (C=O) groups excluding carboxylic acids is 1. The SMILES string of the molecule is CCc1noc(CN(C)C(=O)c2cn(-c3ccccc3)nc2-c2ccc(C)cc2C)n1. The fraction of sp³-hybridized carbons (Fsp3) is 0.250. The molecule has 2 aromatic heterocycles. The smallest absolute Gasteiger partial charge is 0.257 e. The molecule has 7 heteroatoms. The Morgan fingerprint density at radius 2 is 1.90 bits per heavy atom. The summed E-state index contributed by atoms with van der Waals surface area (Å²) in [6.07, 6.45) is 2.47. The Morgan fingerprint density at radius 3 is 2.58 bits per heavy atom. The molecule has 0 unspecified atom stereocenters. The van der Waals surface area contributed by atoms with Gasteiger partial charge >= 0.3 is 0 Å². The summed E-state index contributed by atoms with van der Waals surface area (Å²) in [5.41, 5.74) is 5.23. The number of benzene rings is 2. The quantitative estimate of drug-likeness (QED) is 0.467. The summed E-state index contributed by atoms with van der Waals surface area (Å²) in [5.74, 6) is 0.883. The Kier molecular flexibility index (Phi) is 5.66. The van der Waals surface area contributed by atoms with E-state index >= 15 is 0 Å². The van der Waals surface area contributed by atoms with Gasteiger partial charge in [0.2, 0.25) is 5.89 Å². The van der Waals surface area contributed by atoms with Gasteiger partial charge in [0.15, 0.2) is 5.82 Å². The van der Waals surface area contributed by atoms with Crippen molar-refractivity contribution < 1.29 is 9.32 Å². The normalized spacial score (nSPS) is 11.0. The fourth-order valence-corrected chi connectivity index (χ4v) is 3.50. The molecule has 0 bridgehead atoms. The molecule has 0 aliphatic rings. The number of carbonyl (C=O) groups is 1. The van der Waals surface area contributed by atoms with Crippen molar-refractivity contribution in [1.82, 2.24) is 24.8 Å². The minimum atomic E-state index is -0.159. The van der Waals surface area contributed by atoms with Crippen molar-refractivity contribution in [2.75, 3.05) is 7.05 Å². The van der Waals surface area contributed by atoms with E-state index in [0.29, 0.717) is 29.4 Å². The van der Waals surface area contributed by atoms with Crippen LogP contribution < -0.4 is 0 Å². The minimum Gasteiger partial charge on any atom is -0.337 e. The summed E-state index contributed by atoms with van der Waals surface area (Å²) in [5, 5.41) is 8.69. The monoisotopic (exact) mass is 415 g/mol. The molecule has 2 aromatic carbocycles. The van der Waals surface area contributed by atoms with Crippen LogP contribution in [-0.4, -0.2) is 37.8 Å². The second-order valence-electron chi connectivity index (χ2n) is 7.61. The van der Waals surface area contributed by atoms with Crippen molar-refractivity contribution >= 4 is 5.91 Å². The van der Waals surface area contributed by atoms with Gasteiger partial charge in [-0.25, -0.2) is 4.68 Å². The van der Waals surface area contributed by atoms with Crippen LogP contribution in [0.3, 0.4) is 0 Å². The third kappa shape index (κ3) is 4.26. The van der Waals surface area contributed by atoms with Crippen molar-refractivity contribution in [3.63, 3.8) is 0 Å². The number of hydrogen-bond donors (Lipinski definition) is 0. The molecule has 0 atom stereocenters. The maximum absolute atomic E-state index is 13.4. The van der Waals surface area contributed by atoms with E-state index in [9.17, 15) is 4.79 Å². The predicted molar refractivity (Wildman–Crippen MR) is 118 cm³/mol. The van der Waals surface area contributed by atoms with Crippen molar-refractivity contribution in [2.45, 2.75) is 33.7 Å². The molecule has 0 radical (unpaired) electrons. The molecule has 0 aliphatic carbocycles. The summed E-state index contributed by atoms with van der Waals surface area (Å²) in [6, 6.07) is 15.9. The lowest BCUT2D eigenvalue weighted by molar-refractivity contribution is 0.0770. The summed E-state index contributed by atoms with van der Waals surface area (Å²) >= 11 is 0. The predicted octanol–water partition coefficient (Wildman–Crippen LogP) is 4.37. The van der Waals surface area contributed by atoms with Crippen LogP contribution in [0.4, 0.5) is 0 Å². The van der Waals surface area contributed by atoms with E-state index < -0.39 is 0 Å². The van der Waals surface area contributed by atoms with Gasteiger partial charge < -0.3 is 9.42 Å². The topological polar surface area (TPSA) is 77.0 Å². The molecule has 0 saturated heterocycles. The van der Waals surface area contributed by atoms with Crippen LogP contribution >= 0.6 is 0 Å². The number of para-hydroxylation sites is 1. The highest BCUT2D eigenvalue weighted by atomic mass is 16.5. The molecule has 4 aromatic rings. The molecule has 0 spiro atoms. The standard InChI is InChI=1S/C24H25N5O2/c1-5-21-25-22(31-27-21)15-28(4)24(30)20-14-29(18-9-7-6-8-10-18)26-23(20)19-12-11-16(2)13-17(19)3/h6-14H,5,15H2,1-4H3. The number of nitrogens with zero attached hydrogens (tertiary/aromatic N) is 5. The van der Waals surface area contributed by atoms with E-state index in [-0.39, 0.29) is 12.5 Å². The molecule has 4 rings (SSSR count). The first-order valence-corrected chi connectivity index (χ1v) is 10.3. The van der Waals surface area contributed by atoms with Crippen LogP contribution in [0.25, 0.3) is 16.9 Å². The van der Waals surface area contributed by atoms with Crippen LogP contribution in [-0.2, 0) is 13.0 Å². The zero-order valence-corrected chi connectivity index (χ0v) is 18.2. The van der Waals surface area contributed by atoms with Crippen LogP contribution in [0.5, 0.6) is 0 Å². The highest BCUT2D eigenvalue weighted by Gasteiger charge is 2.24. The Labute approximate surface area is 181 Å². The van der Waals surface area contributed by atoms with Crippen molar-refractivity contribution in [2.24, 2.45) is 0 Å². The Hall–Kier alpha value is -3.74. The second-order valence-corrected chi connectivity index (χ2v) is 7.61. The summed E-state index contributed by atoms with van der Waals surface area (Å²) in [7, 11) is 1.73. The minimum absolute atomic E-state index is 0.159. The van der Waals surface area contributed by atoms with Gasteiger partial charge in [-0.3, -0.25) is 4.79 Å². The van der Waals surface area contributed by atoms with E-state index in [1.807, 2.05) is 63.2 Å². The van der Waals surface area contributed by atoms with Crippen molar-refractivity contribution in [1.29, 1.82) is 0 Å². The highest BCUT2D eigenvalue weighted by Crippen LogP contribution is 2.28. The maximum atomic E-state index is 13.4. The van der Waals surface area contributed by atoms with Gasteiger partial charge in [-0.2, -0.15) is 10.1 Å². The average Bonchev–Trinajstić information content (AvgIpc) is 3.41. The average molecular weight is 415 g/mol. The van der Waals surface area contributed by atoms with Gasteiger partial charge in [-0.1, -0.05) is 54.0 Å². The molecule has 0 N–H and O–H groups in total. The molecular weight excluding hydrogens is 390 g/mol. The molecule has 158 valence electrons. The summed E-state index contributed by atoms with van der Waals surface area (Å²) in [6.45, 7) is 6.27. The van der Waals surface area contributed by atoms with Gasteiger partial charge in [0.05, 0.1) is 17.8 Å². The molecule has 0 saturated carbocycles. The Morgan fingerprint density at radius 1 is 1.13 bits per heavy atom. The molecule has 2 heterocycles. The Bertz CT molecular complexity index is 1210. The van der Waals surface area contributed by atoms with Crippen LogP contribution in [0.15, 0.2) is 59.3 Å². The number of amides is 1. The lowest BCUT2D eigenvalue weighted by Crippen LogP contribution is -2.26. The second kappa shape index (κ2) is 8.55. The highest BCUT2D eigenvalue weighted by molar-refractivity contribution is 6.00. The van der Waals surface area contributed by atoms with E-state index in [1.165, 1.54) is 0 Å². The van der Waals surface area contributed by atoms with Gasteiger partial charge in [-0.05, 0) is 31.5 Å². The van der Waals surface area contributed by atoms with Gasteiger partial charge in [0.25, 0.3) is 5.91 Å². The zero-order chi connectivity index (χ0) is 22.0. The first kappa shape index (κ1) is 20.5. The number of rotatable bonds is 6. The van der Waals surface area contributed by atoms with E-state index in [2.05, 4.69) is 16.2 Å². The molecular formula is C24H25N5O2. The van der Waals surface area contributed by atoms with Gasteiger partial charge in [0.1, 0.15) is 5.69 Å². The molecule has 1 amide bonds. The lowest BCUT2D eigenvalue weighted by atomic mass is 10.0. The largest absolute Gasteiger partial charge is 0.337 e. The number of aromatic nitrogens is 4. The van der Waals surface area contributed by atoms with Crippen molar-refractivity contribution in [3.05, 3.63) is 83.1 Å². The number of hydrogen-bond acceptors (Lipinski definition) is 5. The van der Waals surface area contributed by atoms with Crippen LogP contribution in [0.1, 0.15) is 40.1 Å². The van der Waals surface area contributed by atoms with Gasteiger partial charge in [0, 0.05) is 25.2 Å². The van der Waals surface area contributed by atoms with Crippen LogP contribution in [0.2, 0.25) is 0 Å². The van der Waals surface area contributed by atoms with Gasteiger partial charge in [-0.15, -0.1) is 0 Å². The Balaban J connectivity index is 1.74. The van der Waals surface area contributed by atoms with Crippen molar-refractivity contribution in [3.8, 4) is 16.9 Å². The van der Waals surface area contributed by atoms with E-state index in [1.54, 1.807) is 22.8 Å².